The zero-order valence-corrected chi connectivity index (χ0v) is 12.6. The molecule has 2 rings (SSSR count). The number of benzene rings is 1. The molecular weight excluding hydrogens is 290 g/mol. The van der Waals surface area contributed by atoms with E-state index in [1.165, 1.54) is 7.11 Å². The predicted molar refractivity (Wildman–Crippen MR) is 82.6 cm³/mol. The zero-order valence-electron chi connectivity index (χ0n) is 11.9. The van der Waals surface area contributed by atoms with Gasteiger partial charge in [0, 0.05) is 13.1 Å². The lowest BCUT2D eigenvalue weighted by atomic mass is 10.2. The summed E-state index contributed by atoms with van der Waals surface area (Å²) in [7, 11) is 1.50. The van der Waals surface area contributed by atoms with E-state index in [2.05, 4.69) is 27.1 Å². The number of hydrogen-bond acceptors (Lipinski definition) is 6. The van der Waals surface area contributed by atoms with Gasteiger partial charge < -0.3 is 15.4 Å². The summed E-state index contributed by atoms with van der Waals surface area (Å²) in [5.74, 6) is 0.490. The van der Waals surface area contributed by atoms with Crippen LogP contribution in [0.25, 0.3) is 0 Å². The Balaban J connectivity index is 2.24. The highest BCUT2D eigenvalue weighted by molar-refractivity contribution is 6.28. The first-order chi connectivity index (χ1) is 10.2. The van der Waals surface area contributed by atoms with E-state index >= 15 is 0 Å². The largest absolute Gasteiger partial charge is 0.467 e. The molecule has 2 N–H and O–H groups in total. The Kier molecular flexibility index (Phi) is 5.71. The Hall–Kier alpha value is -1.92. The molecule has 0 saturated heterocycles. The summed E-state index contributed by atoms with van der Waals surface area (Å²) >= 11 is 5.92. The summed E-state index contributed by atoms with van der Waals surface area (Å²) in [6.45, 7) is 2.00. The van der Waals surface area contributed by atoms with Crippen molar-refractivity contribution in [2.24, 2.45) is 5.73 Å². The highest BCUT2D eigenvalue weighted by Crippen LogP contribution is 2.17. The van der Waals surface area contributed by atoms with Crippen molar-refractivity contribution in [1.82, 2.24) is 15.0 Å². The molecule has 112 valence electrons. The summed E-state index contributed by atoms with van der Waals surface area (Å²) in [5.41, 5.74) is 6.76. The molecule has 21 heavy (non-hydrogen) atoms. The lowest BCUT2D eigenvalue weighted by molar-refractivity contribution is 0.378. The van der Waals surface area contributed by atoms with Crippen LogP contribution in [0, 0.1) is 0 Å². The van der Waals surface area contributed by atoms with Gasteiger partial charge in [0.2, 0.25) is 11.2 Å². The minimum atomic E-state index is 0.114. The molecule has 0 unspecified atom stereocenters. The van der Waals surface area contributed by atoms with Gasteiger partial charge in [-0.15, -0.1) is 0 Å². The molecule has 1 heterocycles. The molecule has 0 aliphatic heterocycles. The molecule has 6 nitrogen and oxygen atoms in total. The highest BCUT2D eigenvalue weighted by Gasteiger charge is 2.13. The maximum atomic E-state index is 5.92. The summed E-state index contributed by atoms with van der Waals surface area (Å²) in [6.07, 6.45) is 0.832. The van der Waals surface area contributed by atoms with Gasteiger partial charge in [-0.05, 0) is 30.1 Å². The van der Waals surface area contributed by atoms with E-state index in [0.717, 1.165) is 18.5 Å². The van der Waals surface area contributed by atoms with E-state index in [9.17, 15) is 0 Å². The van der Waals surface area contributed by atoms with Crippen LogP contribution in [0.15, 0.2) is 30.3 Å². The molecule has 0 spiro atoms. The van der Waals surface area contributed by atoms with Crippen molar-refractivity contribution < 1.29 is 4.74 Å². The molecule has 0 bridgehead atoms. The van der Waals surface area contributed by atoms with Crippen molar-refractivity contribution in [3.8, 4) is 6.01 Å². The molecule has 7 heteroatoms. The van der Waals surface area contributed by atoms with Gasteiger partial charge in [-0.3, -0.25) is 0 Å². The highest BCUT2D eigenvalue weighted by atomic mass is 35.5. The maximum absolute atomic E-state index is 5.92. The third kappa shape index (κ3) is 4.54. The van der Waals surface area contributed by atoms with Crippen LogP contribution in [-0.2, 0) is 6.54 Å². The van der Waals surface area contributed by atoms with Crippen LogP contribution in [-0.4, -0.2) is 35.2 Å². The van der Waals surface area contributed by atoms with E-state index in [1.807, 2.05) is 23.1 Å². The van der Waals surface area contributed by atoms with Crippen molar-refractivity contribution in [3.63, 3.8) is 0 Å². The Labute approximate surface area is 128 Å². The second-order valence-electron chi connectivity index (χ2n) is 4.44. The first-order valence-corrected chi connectivity index (χ1v) is 7.05. The first-order valence-electron chi connectivity index (χ1n) is 6.67. The zero-order chi connectivity index (χ0) is 15.1. The van der Waals surface area contributed by atoms with Gasteiger partial charge in [0.05, 0.1) is 7.11 Å². The molecule has 1 aromatic carbocycles. The van der Waals surface area contributed by atoms with E-state index in [4.69, 9.17) is 22.1 Å². The number of methoxy groups -OCH3 is 1. The number of nitrogens with zero attached hydrogens (tertiary/aromatic N) is 4. The van der Waals surface area contributed by atoms with Gasteiger partial charge in [0.15, 0.2) is 0 Å². The fourth-order valence-corrected chi connectivity index (χ4v) is 2.04. The fraction of sp³-hybridized carbons (Fsp3) is 0.357. The average molecular weight is 308 g/mol. The van der Waals surface area contributed by atoms with Crippen LogP contribution in [0.5, 0.6) is 6.01 Å². The minimum Gasteiger partial charge on any atom is -0.467 e. The van der Waals surface area contributed by atoms with Gasteiger partial charge in [0.25, 0.3) is 0 Å². The molecule has 0 atom stereocenters. The van der Waals surface area contributed by atoms with Gasteiger partial charge in [-0.2, -0.15) is 15.0 Å². The standard InChI is InChI=1S/C14H18ClN5O/c1-21-14-18-12(15)17-13(19-14)20(9-5-8-16)10-11-6-3-2-4-7-11/h2-4,6-7H,5,8-10,16H2,1H3. The maximum Gasteiger partial charge on any atom is 0.322 e. The minimum absolute atomic E-state index is 0.114. The number of hydrogen-bond donors (Lipinski definition) is 1. The van der Waals surface area contributed by atoms with Crippen LogP contribution < -0.4 is 15.4 Å². The Morgan fingerprint density at radius 2 is 1.95 bits per heavy atom. The van der Waals surface area contributed by atoms with Crippen LogP contribution in [0.3, 0.4) is 0 Å². The number of aromatic nitrogens is 3. The summed E-state index contributed by atoms with van der Waals surface area (Å²) < 4.78 is 5.04. The molecule has 1 aromatic heterocycles. The fourth-order valence-electron chi connectivity index (χ4n) is 1.89. The Morgan fingerprint density at radius 3 is 2.62 bits per heavy atom. The quantitative estimate of drug-likeness (QED) is 0.841. The van der Waals surface area contributed by atoms with Crippen molar-refractivity contribution in [3.05, 3.63) is 41.2 Å². The van der Waals surface area contributed by atoms with Gasteiger partial charge in [-0.1, -0.05) is 30.3 Å². The number of halogens is 1. The molecule has 0 saturated carbocycles. The monoisotopic (exact) mass is 307 g/mol. The second kappa shape index (κ2) is 7.75. The number of rotatable bonds is 7. The summed E-state index contributed by atoms with van der Waals surface area (Å²) in [6, 6.07) is 10.3. The molecule has 0 radical (unpaired) electrons. The van der Waals surface area contributed by atoms with Crippen molar-refractivity contribution in [2.45, 2.75) is 13.0 Å². The van der Waals surface area contributed by atoms with E-state index in [-0.39, 0.29) is 11.3 Å². The van der Waals surface area contributed by atoms with Gasteiger partial charge in [-0.25, -0.2) is 0 Å². The summed E-state index contributed by atoms with van der Waals surface area (Å²) in [4.78, 5) is 14.3. The SMILES string of the molecule is COc1nc(Cl)nc(N(CCCN)Cc2ccccc2)n1. The number of anilines is 1. The second-order valence-corrected chi connectivity index (χ2v) is 4.78. The van der Waals surface area contributed by atoms with Gasteiger partial charge >= 0.3 is 6.01 Å². The molecule has 0 aliphatic carbocycles. The van der Waals surface area contributed by atoms with Crippen LogP contribution >= 0.6 is 11.6 Å². The number of nitrogens with two attached hydrogens (primary N) is 1. The average Bonchev–Trinajstić information content (AvgIpc) is 2.51. The van der Waals surface area contributed by atoms with E-state index < -0.39 is 0 Å². The Bertz CT molecular complexity index is 567. The van der Waals surface area contributed by atoms with Crippen molar-refractivity contribution >= 4 is 17.5 Å². The first kappa shape index (κ1) is 15.5. The van der Waals surface area contributed by atoms with E-state index in [1.54, 1.807) is 0 Å². The lowest BCUT2D eigenvalue weighted by Crippen LogP contribution is -2.27. The van der Waals surface area contributed by atoms with Crippen LogP contribution in [0.1, 0.15) is 12.0 Å². The Morgan fingerprint density at radius 1 is 1.19 bits per heavy atom. The third-order valence-electron chi connectivity index (χ3n) is 2.89. The molecular formula is C14H18ClN5O. The molecule has 0 fully saturated rings. The van der Waals surface area contributed by atoms with Crippen LogP contribution in [0.4, 0.5) is 5.95 Å². The van der Waals surface area contributed by atoms with Gasteiger partial charge in [0.1, 0.15) is 0 Å². The third-order valence-corrected chi connectivity index (χ3v) is 3.06. The number of ether oxygens (including phenoxy) is 1. The molecule has 2 aromatic rings. The predicted octanol–water partition coefficient (Wildman–Crippen LogP) is 1.89. The van der Waals surface area contributed by atoms with Crippen molar-refractivity contribution in [2.75, 3.05) is 25.1 Å². The van der Waals surface area contributed by atoms with Crippen molar-refractivity contribution in [1.29, 1.82) is 0 Å². The smallest absolute Gasteiger partial charge is 0.322 e. The summed E-state index contributed by atoms with van der Waals surface area (Å²) in [5, 5.41) is 0.114. The molecule has 0 amide bonds. The normalized spacial score (nSPS) is 10.4. The van der Waals surface area contributed by atoms with Crippen LogP contribution in [0.2, 0.25) is 5.28 Å². The topological polar surface area (TPSA) is 77.2 Å². The van der Waals surface area contributed by atoms with E-state index in [0.29, 0.717) is 19.0 Å². The molecule has 0 aliphatic rings. The lowest BCUT2D eigenvalue weighted by Gasteiger charge is -2.22.